The largest absolute Gasteiger partial charge is 0.493 e. The van der Waals surface area contributed by atoms with E-state index in [4.69, 9.17) is 9.47 Å². The van der Waals surface area contributed by atoms with Gasteiger partial charge in [0.1, 0.15) is 12.6 Å². The van der Waals surface area contributed by atoms with Crippen molar-refractivity contribution in [3.63, 3.8) is 0 Å². The van der Waals surface area contributed by atoms with Gasteiger partial charge in [-0.05, 0) is 26.1 Å². The zero-order chi connectivity index (χ0) is 21.7. The van der Waals surface area contributed by atoms with Crippen molar-refractivity contribution in [1.29, 1.82) is 0 Å². The third-order valence-corrected chi connectivity index (χ3v) is 5.41. The van der Waals surface area contributed by atoms with E-state index in [1.807, 2.05) is 43.1 Å². The maximum absolute atomic E-state index is 13.0. The van der Waals surface area contributed by atoms with Gasteiger partial charge in [0.2, 0.25) is 5.91 Å². The number of methoxy groups -OCH3 is 1. The highest BCUT2D eigenvalue weighted by molar-refractivity contribution is 5.95. The predicted octanol–water partition coefficient (Wildman–Crippen LogP) is 1.02. The van der Waals surface area contributed by atoms with E-state index in [1.54, 1.807) is 24.0 Å². The molecular formula is C21H29N5O4. The number of nitrogens with zero attached hydrogens (tertiary/aromatic N) is 4. The molecule has 1 fully saturated rings. The highest BCUT2D eigenvalue weighted by Crippen LogP contribution is 2.25. The van der Waals surface area contributed by atoms with Gasteiger partial charge in [0.25, 0.3) is 5.91 Å². The number of aryl methyl sites for hydroxylation is 1. The van der Waals surface area contributed by atoms with Gasteiger partial charge in [-0.15, -0.1) is 0 Å². The van der Waals surface area contributed by atoms with Crippen molar-refractivity contribution in [3.05, 3.63) is 41.7 Å². The number of carbonyl (C=O) groups excluding carboxylic acids is 2. The summed E-state index contributed by atoms with van der Waals surface area (Å²) in [7, 11) is 5.25. The number of ether oxygens (including phenoxy) is 2. The molecule has 1 atom stereocenters. The standard InChI is InChI=1S/C21H29N5O4/c1-15-16(13-22-23-15)20(27)26-10-9-24(2)17(14-26)21(28)25(3)11-12-30-19-8-6-5-7-18(19)29-4/h5-8,13,17H,9-12,14H2,1-4H3,(H,22,23)/t17-/m1/s1. The van der Waals surface area contributed by atoms with Crippen LogP contribution >= 0.6 is 0 Å². The molecule has 9 heteroatoms. The van der Waals surface area contributed by atoms with Gasteiger partial charge in [-0.25, -0.2) is 0 Å². The second-order valence-electron chi connectivity index (χ2n) is 7.42. The van der Waals surface area contributed by atoms with Gasteiger partial charge in [-0.2, -0.15) is 5.10 Å². The zero-order valence-electron chi connectivity index (χ0n) is 17.9. The molecule has 9 nitrogen and oxygen atoms in total. The number of para-hydroxylation sites is 2. The Balaban J connectivity index is 1.57. The number of benzene rings is 1. The van der Waals surface area contributed by atoms with Crippen LogP contribution in [-0.2, 0) is 4.79 Å². The second-order valence-corrected chi connectivity index (χ2v) is 7.42. The maximum Gasteiger partial charge on any atom is 0.257 e. The van der Waals surface area contributed by atoms with E-state index in [9.17, 15) is 9.59 Å². The highest BCUT2D eigenvalue weighted by atomic mass is 16.5. The molecule has 2 aromatic rings. The van der Waals surface area contributed by atoms with Crippen LogP contribution in [0.5, 0.6) is 11.5 Å². The highest BCUT2D eigenvalue weighted by Gasteiger charge is 2.34. The number of rotatable bonds is 7. The fourth-order valence-corrected chi connectivity index (χ4v) is 3.46. The van der Waals surface area contributed by atoms with Crippen LogP contribution in [-0.4, -0.2) is 96.7 Å². The number of carbonyl (C=O) groups is 2. The lowest BCUT2D eigenvalue weighted by Gasteiger charge is -2.39. The second kappa shape index (κ2) is 9.62. The van der Waals surface area contributed by atoms with Crippen molar-refractivity contribution in [2.75, 3.05) is 54.0 Å². The molecule has 1 aromatic heterocycles. The van der Waals surface area contributed by atoms with E-state index in [2.05, 4.69) is 10.2 Å². The van der Waals surface area contributed by atoms with Gasteiger partial charge < -0.3 is 19.3 Å². The molecule has 1 aromatic carbocycles. The first kappa shape index (κ1) is 21.6. The first-order valence-electron chi connectivity index (χ1n) is 9.92. The van der Waals surface area contributed by atoms with Crippen LogP contribution in [0, 0.1) is 6.92 Å². The monoisotopic (exact) mass is 415 g/mol. The van der Waals surface area contributed by atoms with Crippen LogP contribution in [0.1, 0.15) is 16.1 Å². The fourth-order valence-electron chi connectivity index (χ4n) is 3.46. The molecule has 0 saturated carbocycles. The molecule has 3 rings (SSSR count). The molecule has 0 unspecified atom stereocenters. The lowest BCUT2D eigenvalue weighted by atomic mass is 10.1. The van der Waals surface area contributed by atoms with Crippen molar-refractivity contribution in [2.24, 2.45) is 0 Å². The number of H-pyrrole nitrogens is 1. The molecule has 30 heavy (non-hydrogen) atoms. The average molecular weight is 415 g/mol. The SMILES string of the molecule is COc1ccccc1OCCN(C)C(=O)[C@H]1CN(C(=O)c2cn[nH]c2C)CCN1C. The summed E-state index contributed by atoms with van der Waals surface area (Å²) in [5.41, 5.74) is 1.27. The number of nitrogens with one attached hydrogen (secondary N) is 1. The minimum atomic E-state index is -0.397. The molecular weight excluding hydrogens is 386 g/mol. The van der Waals surface area contributed by atoms with E-state index >= 15 is 0 Å². The summed E-state index contributed by atoms with van der Waals surface area (Å²) in [5.74, 6) is 1.15. The molecule has 0 radical (unpaired) electrons. The normalized spacial score (nSPS) is 16.9. The fraction of sp³-hybridized carbons (Fsp3) is 0.476. The molecule has 1 aliphatic rings. The van der Waals surface area contributed by atoms with Gasteiger partial charge in [0, 0.05) is 32.4 Å². The van der Waals surface area contributed by atoms with Gasteiger partial charge in [0.05, 0.1) is 25.4 Å². The predicted molar refractivity (Wildman–Crippen MR) is 112 cm³/mol. The minimum absolute atomic E-state index is 0.0393. The Morgan fingerprint density at radius 2 is 2.00 bits per heavy atom. The van der Waals surface area contributed by atoms with E-state index in [-0.39, 0.29) is 11.8 Å². The van der Waals surface area contributed by atoms with Gasteiger partial charge in [0.15, 0.2) is 11.5 Å². The van der Waals surface area contributed by atoms with E-state index in [1.165, 1.54) is 6.20 Å². The molecule has 0 aliphatic carbocycles. The number of amides is 2. The van der Waals surface area contributed by atoms with Crippen LogP contribution in [0.3, 0.4) is 0 Å². The van der Waals surface area contributed by atoms with E-state index in [0.717, 1.165) is 5.69 Å². The van der Waals surface area contributed by atoms with Crippen molar-refractivity contribution >= 4 is 11.8 Å². The van der Waals surface area contributed by atoms with Gasteiger partial charge >= 0.3 is 0 Å². The molecule has 2 heterocycles. The summed E-state index contributed by atoms with van der Waals surface area (Å²) in [4.78, 5) is 31.2. The molecule has 2 amide bonds. The first-order chi connectivity index (χ1) is 14.4. The van der Waals surface area contributed by atoms with Crippen LogP contribution in [0.2, 0.25) is 0 Å². The van der Waals surface area contributed by atoms with Gasteiger partial charge in [-0.3, -0.25) is 19.6 Å². The van der Waals surface area contributed by atoms with E-state index < -0.39 is 6.04 Å². The quantitative estimate of drug-likeness (QED) is 0.726. The topological polar surface area (TPSA) is 91.0 Å². The molecule has 162 valence electrons. The third kappa shape index (κ3) is 4.73. The molecule has 1 aliphatic heterocycles. The molecule has 0 bridgehead atoms. The number of aromatic nitrogens is 2. The lowest BCUT2D eigenvalue weighted by Crippen LogP contribution is -2.59. The summed E-state index contributed by atoms with van der Waals surface area (Å²) >= 11 is 0. The number of aromatic amines is 1. The zero-order valence-corrected chi connectivity index (χ0v) is 17.9. The summed E-state index contributed by atoms with van der Waals surface area (Å²) in [6.07, 6.45) is 1.54. The number of hydrogen-bond acceptors (Lipinski definition) is 6. The molecule has 1 N–H and O–H groups in total. The van der Waals surface area contributed by atoms with Crippen LogP contribution in [0.25, 0.3) is 0 Å². The number of piperazine rings is 1. The van der Waals surface area contributed by atoms with E-state index in [0.29, 0.717) is 49.8 Å². The average Bonchev–Trinajstić information content (AvgIpc) is 3.19. The minimum Gasteiger partial charge on any atom is -0.493 e. The lowest BCUT2D eigenvalue weighted by molar-refractivity contribution is -0.137. The van der Waals surface area contributed by atoms with Crippen LogP contribution < -0.4 is 9.47 Å². The van der Waals surface area contributed by atoms with Crippen molar-refractivity contribution in [1.82, 2.24) is 24.9 Å². The van der Waals surface area contributed by atoms with Crippen molar-refractivity contribution in [3.8, 4) is 11.5 Å². The Morgan fingerprint density at radius 1 is 1.27 bits per heavy atom. The summed E-state index contributed by atoms with van der Waals surface area (Å²) in [5, 5.41) is 6.71. The van der Waals surface area contributed by atoms with Crippen molar-refractivity contribution in [2.45, 2.75) is 13.0 Å². The Labute approximate surface area is 176 Å². The first-order valence-corrected chi connectivity index (χ1v) is 9.92. The third-order valence-electron chi connectivity index (χ3n) is 5.41. The summed E-state index contributed by atoms with van der Waals surface area (Å²) in [6.45, 7) is 4.13. The molecule has 1 saturated heterocycles. The maximum atomic E-state index is 13.0. The number of hydrogen-bond donors (Lipinski definition) is 1. The van der Waals surface area contributed by atoms with Crippen molar-refractivity contribution < 1.29 is 19.1 Å². The molecule has 0 spiro atoms. The van der Waals surface area contributed by atoms with Crippen LogP contribution in [0.15, 0.2) is 30.5 Å². The Bertz CT molecular complexity index is 884. The Kier molecular flexibility index (Phi) is 6.94. The number of likely N-dealkylation sites (N-methyl/N-ethyl adjacent to an activating group) is 2. The van der Waals surface area contributed by atoms with Gasteiger partial charge in [-0.1, -0.05) is 12.1 Å². The summed E-state index contributed by atoms with van der Waals surface area (Å²) in [6, 6.07) is 7.01. The Hall–Kier alpha value is -3.07. The van der Waals surface area contributed by atoms with Crippen LogP contribution in [0.4, 0.5) is 0 Å². The smallest absolute Gasteiger partial charge is 0.257 e. The summed E-state index contributed by atoms with van der Waals surface area (Å²) < 4.78 is 11.1. The Morgan fingerprint density at radius 3 is 2.67 bits per heavy atom.